The molecule has 0 saturated heterocycles. The van der Waals surface area contributed by atoms with Gasteiger partial charge in [0.1, 0.15) is 6.33 Å². The lowest BCUT2D eigenvalue weighted by Gasteiger charge is -2.10. The molecule has 15 heavy (non-hydrogen) atoms. The number of nitrogens with two attached hydrogens (primary N) is 1. The fourth-order valence-corrected chi connectivity index (χ4v) is 2.04. The molecule has 3 nitrogen and oxygen atoms in total. The van der Waals surface area contributed by atoms with E-state index in [4.69, 9.17) is 17.3 Å². The third-order valence-electron chi connectivity index (χ3n) is 2.88. The molecule has 2 N–H and O–H groups in total. The van der Waals surface area contributed by atoms with Crippen molar-refractivity contribution in [1.29, 1.82) is 0 Å². The molecule has 1 saturated carbocycles. The molecule has 3 rings (SSSR count). The second kappa shape index (κ2) is 2.90. The molecule has 4 heteroatoms. The molecule has 0 amide bonds. The molecule has 1 aliphatic rings. The van der Waals surface area contributed by atoms with E-state index < -0.39 is 0 Å². The molecule has 0 radical (unpaired) electrons. The number of fused-ring (bicyclic) bond motifs is 1. The molecule has 0 aliphatic heterocycles. The maximum Gasteiger partial charge on any atom is 0.116 e. The van der Waals surface area contributed by atoms with Crippen molar-refractivity contribution in [2.75, 3.05) is 0 Å². The Hall–Kier alpha value is -1.19. The monoisotopic (exact) mass is 219 g/mol. The van der Waals surface area contributed by atoms with Gasteiger partial charge in [0.25, 0.3) is 0 Å². The summed E-state index contributed by atoms with van der Waals surface area (Å²) in [5.74, 6) is 0. The van der Waals surface area contributed by atoms with Crippen LogP contribution in [-0.2, 0) is 5.54 Å². The van der Waals surface area contributed by atoms with E-state index in [0.717, 1.165) is 29.4 Å². The predicted molar refractivity (Wildman–Crippen MR) is 59.6 cm³/mol. The lowest BCUT2D eigenvalue weighted by atomic mass is 10.1. The molecule has 2 aromatic rings. The van der Waals surface area contributed by atoms with E-state index in [9.17, 15) is 0 Å². The third kappa shape index (κ3) is 1.31. The van der Waals surface area contributed by atoms with Gasteiger partial charge in [-0.1, -0.05) is 23.7 Å². The first-order valence-electron chi connectivity index (χ1n) is 4.89. The van der Waals surface area contributed by atoms with Crippen molar-refractivity contribution >= 4 is 22.5 Å². The maximum atomic E-state index is 6.15. The minimum atomic E-state index is -0.244. The Morgan fingerprint density at radius 3 is 2.80 bits per heavy atom. The normalized spacial score (nSPS) is 18.0. The summed E-state index contributed by atoms with van der Waals surface area (Å²) in [5, 5.41) is 1.63. The summed E-state index contributed by atoms with van der Waals surface area (Å²) < 4.78 is 0. The molecular formula is C11H10ClN3. The van der Waals surface area contributed by atoms with Crippen LogP contribution in [-0.4, -0.2) is 9.97 Å². The first-order valence-corrected chi connectivity index (χ1v) is 5.27. The Balaban J connectivity index is 2.36. The summed E-state index contributed by atoms with van der Waals surface area (Å²) in [6.07, 6.45) is 3.52. The minimum Gasteiger partial charge on any atom is -0.320 e. The summed E-state index contributed by atoms with van der Waals surface area (Å²) in [4.78, 5) is 8.47. The van der Waals surface area contributed by atoms with Gasteiger partial charge in [0.05, 0.1) is 21.8 Å². The average Bonchev–Trinajstić information content (AvgIpc) is 2.98. The lowest BCUT2D eigenvalue weighted by molar-refractivity contribution is 0.714. The van der Waals surface area contributed by atoms with Gasteiger partial charge in [0.15, 0.2) is 0 Å². The number of hydrogen-bond donors (Lipinski definition) is 1. The molecule has 1 aromatic heterocycles. The Kier molecular flexibility index (Phi) is 1.75. The zero-order valence-corrected chi connectivity index (χ0v) is 8.83. The Labute approximate surface area is 92.3 Å². The van der Waals surface area contributed by atoms with E-state index in [1.54, 1.807) is 0 Å². The molecular weight excluding hydrogens is 210 g/mol. The van der Waals surface area contributed by atoms with Gasteiger partial charge in [-0.15, -0.1) is 0 Å². The van der Waals surface area contributed by atoms with Crippen LogP contribution < -0.4 is 5.73 Å². The topological polar surface area (TPSA) is 51.8 Å². The van der Waals surface area contributed by atoms with Gasteiger partial charge in [0, 0.05) is 5.39 Å². The number of rotatable bonds is 1. The molecule has 0 unspecified atom stereocenters. The molecule has 0 spiro atoms. The van der Waals surface area contributed by atoms with Crippen LogP contribution in [0.25, 0.3) is 10.9 Å². The molecule has 1 aromatic carbocycles. The van der Waals surface area contributed by atoms with E-state index in [-0.39, 0.29) is 5.54 Å². The molecule has 1 heterocycles. The highest BCUT2D eigenvalue weighted by molar-refractivity contribution is 6.35. The second-order valence-corrected chi connectivity index (χ2v) is 4.42. The van der Waals surface area contributed by atoms with Crippen molar-refractivity contribution in [3.8, 4) is 0 Å². The third-order valence-corrected chi connectivity index (χ3v) is 3.18. The molecule has 1 aliphatic carbocycles. The first kappa shape index (κ1) is 9.07. The van der Waals surface area contributed by atoms with Crippen LogP contribution in [0.3, 0.4) is 0 Å². The van der Waals surface area contributed by atoms with Gasteiger partial charge in [-0.05, 0) is 18.9 Å². The molecule has 0 bridgehead atoms. The van der Waals surface area contributed by atoms with E-state index in [1.165, 1.54) is 6.33 Å². The van der Waals surface area contributed by atoms with E-state index in [0.29, 0.717) is 5.02 Å². The van der Waals surface area contributed by atoms with Crippen molar-refractivity contribution in [2.45, 2.75) is 18.4 Å². The Morgan fingerprint density at radius 2 is 2.07 bits per heavy atom. The van der Waals surface area contributed by atoms with Crippen LogP contribution >= 0.6 is 11.6 Å². The number of halogens is 1. The fraction of sp³-hybridized carbons (Fsp3) is 0.273. The zero-order valence-electron chi connectivity index (χ0n) is 8.07. The van der Waals surface area contributed by atoms with Crippen LogP contribution in [0.5, 0.6) is 0 Å². The van der Waals surface area contributed by atoms with Gasteiger partial charge < -0.3 is 5.73 Å². The fourth-order valence-electron chi connectivity index (χ4n) is 1.82. The minimum absolute atomic E-state index is 0.244. The number of nitrogens with zero attached hydrogens (tertiary/aromatic N) is 2. The summed E-state index contributed by atoms with van der Waals surface area (Å²) in [6.45, 7) is 0. The van der Waals surface area contributed by atoms with Crippen LogP contribution in [0.1, 0.15) is 18.5 Å². The van der Waals surface area contributed by atoms with Crippen LogP contribution in [0.4, 0.5) is 0 Å². The number of aromatic nitrogens is 2. The molecule has 0 atom stereocenters. The SMILES string of the molecule is NC1(c2ncnc3c(Cl)cccc23)CC1. The van der Waals surface area contributed by atoms with E-state index >= 15 is 0 Å². The highest BCUT2D eigenvalue weighted by Gasteiger charge is 2.42. The van der Waals surface area contributed by atoms with Gasteiger partial charge in [-0.3, -0.25) is 0 Å². The zero-order chi connectivity index (χ0) is 10.5. The average molecular weight is 220 g/mol. The largest absolute Gasteiger partial charge is 0.320 e. The predicted octanol–water partition coefficient (Wildman–Crippen LogP) is 2.23. The molecule has 1 fully saturated rings. The van der Waals surface area contributed by atoms with Crippen LogP contribution in [0.15, 0.2) is 24.5 Å². The molecule has 76 valence electrons. The van der Waals surface area contributed by atoms with E-state index in [2.05, 4.69) is 9.97 Å². The van der Waals surface area contributed by atoms with Crippen molar-refractivity contribution in [3.05, 3.63) is 35.2 Å². The van der Waals surface area contributed by atoms with Crippen molar-refractivity contribution < 1.29 is 0 Å². The number of para-hydroxylation sites is 1. The standard InChI is InChI=1S/C11H10ClN3/c12-8-3-1-2-7-9(8)14-6-15-10(7)11(13)4-5-11/h1-3,6H,4-5,13H2. The summed E-state index contributed by atoms with van der Waals surface area (Å²) in [7, 11) is 0. The summed E-state index contributed by atoms with van der Waals surface area (Å²) in [5.41, 5.74) is 7.62. The van der Waals surface area contributed by atoms with Crippen molar-refractivity contribution in [3.63, 3.8) is 0 Å². The Morgan fingerprint density at radius 1 is 1.27 bits per heavy atom. The van der Waals surface area contributed by atoms with Crippen molar-refractivity contribution in [2.24, 2.45) is 5.73 Å². The van der Waals surface area contributed by atoms with E-state index in [1.807, 2.05) is 18.2 Å². The number of hydrogen-bond acceptors (Lipinski definition) is 3. The maximum absolute atomic E-state index is 6.15. The second-order valence-electron chi connectivity index (χ2n) is 4.01. The smallest absolute Gasteiger partial charge is 0.116 e. The van der Waals surface area contributed by atoms with Gasteiger partial charge >= 0.3 is 0 Å². The first-order chi connectivity index (χ1) is 7.21. The Bertz CT molecular complexity index is 534. The van der Waals surface area contributed by atoms with Crippen LogP contribution in [0.2, 0.25) is 5.02 Å². The lowest BCUT2D eigenvalue weighted by Crippen LogP contribution is -2.20. The number of benzene rings is 1. The van der Waals surface area contributed by atoms with Gasteiger partial charge in [0.2, 0.25) is 0 Å². The summed E-state index contributed by atoms with van der Waals surface area (Å²) in [6, 6.07) is 5.71. The summed E-state index contributed by atoms with van der Waals surface area (Å²) >= 11 is 6.07. The van der Waals surface area contributed by atoms with Gasteiger partial charge in [-0.25, -0.2) is 9.97 Å². The van der Waals surface area contributed by atoms with Crippen molar-refractivity contribution in [1.82, 2.24) is 9.97 Å². The van der Waals surface area contributed by atoms with Crippen LogP contribution in [0, 0.1) is 0 Å². The highest BCUT2D eigenvalue weighted by atomic mass is 35.5. The van der Waals surface area contributed by atoms with Gasteiger partial charge in [-0.2, -0.15) is 0 Å². The highest BCUT2D eigenvalue weighted by Crippen LogP contribution is 2.44. The quantitative estimate of drug-likeness (QED) is 0.800.